The molecule has 4 heteroatoms. The Balaban J connectivity index is 1.68. The second-order valence-electron chi connectivity index (χ2n) is 5.66. The number of hydrogen-bond donors (Lipinski definition) is 0. The van der Waals surface area contributed by atoms with Crippen molar-refractivity contribution >= 4 is 11.6 Å². The molecule has 0 amide bonds. The molecule has 0 aliphatic heterocycles. The lowest BCUT2D eigenvalue weighted by atomic mass is 9.89. The minimum absolute atomic E-state index is 0.305. The van der Waals surface area contributed by atoms with Crippen molar-refractivity contribution in [3.05, 3.63) is 17.0 Å². The first kappa shape index (κ1) is 12.2. The first-order valence-corrected chi connectivity index (χ1v) is 7.29. The first-order chi connectivity index (χ1) is 8.70. The highest BCUT2D eigenvalue weighted by Crippen LogP contribution is 2.39. The van der Waals surface area contributed by atoms with Gasteiger partial charge in [0, 0.05) is 12.0 Å². The summed E-state index contributed by atoms with van der Waals surface area (Å²) in [5.74, 6) is 2.87. The minimum atomic E-state index is 0.305. The van der Waals surface area contributed by atoms with Gasteiger partial charge in [0.15, 0.2) is 0 Å². The molecule has 0 N–H and O–H groups in total. The smallest absolute Gasteiger partial charge is 0.218 e. The van der Waals surface area contributed by atoms with Crippen molar-refractivity contribution in [2.24, 2.45) is 5.92 Å². The molecule has 98 valence electrons. The molecule has 2 aliphatic rings. The number of hydrogen-bond acceptors (Lipinski definition) is 3. The summed E-state index contributed by atoms with van der Waals surface area (Å²) in [6.07, 6.45) is 7.42. The molecular weight excluding hydrogens is 248 g/mol. The topological polar surface area (TPSA) is 35.0 Å². The molecule has 18 heavy (non-hydrogen) atoms. The molecule has 0 bridgehead atoms. The van der Waals surface area contributed by atoms with E-state index in [1.54, 1.807) is 6.07 Å². The van der Waals surface area contributed by atoms with Gasteiger partial charge in [0.2, 0.25) is 5.88 Å². The summed E-state index contributed by atoms with van der Waals surface area (Å²) in [4.78, 5) is 8.77. The van der Waals surface area contributed by atoms with Gasteiger partial charge >= 0.3 is 0 Å². The number of ether oxygens (including phenoxy) is 1. The van der Waals surface area contributed by atoms with Gasteiger partial charge in [-0.3, -0.25) is 0 Å². The van der Waals surface area contributed by atoms with Crippen molar-refractivity contribution in [1.29, 1.82) is 0 Å². The van der Waals surface area contributed by atoms with E-state index in [0.717, 1.165) is 24.6 Å². The van der Waals surface area contributed by atoms with Gasteiger partial charge in [0.25, 0.3) is 0 Å². The average Bonchev–Trinajstić information content (AvgIpc) is 3.15. The summed E-state index contributed by atoms with van der Waals surface area (Å²) in [5, 5.41) is 0.506. The summed E-state index contributed by atoms with van der Waals surface area (Å²) in [6, 6.07) is 1.74. The van der Waals surface area contributed by atoms with Crippen molar-refractivity contribution < 1.29 is 4.74 Å². The van der Waals surface area contributed by atoms with Gasteiger partial charge < -0.3 is 4.74 Å². The van der Waals surface area contributed by atoms with Crippen LogP contribution in [0.15, 0.2) is 6.07 Å². The van der Waals surface area contributed by atoms with Crippen molar-refractivity contribution in [1.82, 2.24) is 9.97 Å². The van der Waals surface area contributed by atoms with Crippen LogP contribution in [0.4, 0.5) is 0 Å². The van der Waals surface area contributed by atoms with Gasteiger partial charge in [0.1, 0.15) is 17.1 Å². The lowest BCUT2D eigenvalue weighted by Gasteiger charge is -2.26. The van der Waals surface area contributed by atoms with E-state index in [0.29, 0.717) is 23.1 Å². The molecule has 1 aromatic rings. The van der Waals surface area contributed by atoms with Gasteiger partial charge in [-0.05, 0) is 44.4 Å². The van der Waals surface area contributed by atoms with Crippen molar-refractivity contribution in [3.63, 3.8) is 0 Å². The molecule has 2 fully saturated rings. The Kier molecular flexibility index (Phi) is 3.42. The first-order valence-electron chi connectivity index (χ1n) is 6.92. The number of halogens is 1. The molecule has 2 saturated carbocycles. The van der Waals surface area contributed by atoms with E-state index in [9.17, 15) is 0 Å². The Morgan fingerprint density at radius 2 is 1.83 bits per heavy atom. The maximum absolute atomic E-state index is 6.03. The van der Waals surface area contributed by atoms with Crippen molar-refractivity contribution in [2.45, 2.75) is 57.5 Å². The van der Waals surface area contributed by atoms with E-state index in [1.807, 2.05) is 0 Å². The van der Waals surface area contributed by atoms with Crippen LogP contribution in [0.1, 0.15) is 57.2 Å². The molecule has 2 aliphatic carbocycles. The fourth-order valence-corrected chi connectivity index (χ4v) is 2.70. The molecule has 0 radical (unpaired) electrons. The maximum Gasteiger partial charge on any atom is 0.218 e. The predicted octanol–water partition coefficient (Wildman–Crippen LogP) is 3.96. The maximum atomic E-state index is 6.03. The molecule has 0 atom stereocenters. The van der Waals surface area contributed by atoms with Gasteiger partial charge in [-0.2, -0.15) is 4.98 Å². The fourth-order valence-electron chi connectivity index (χ4n) is 2.52. The monoisotopic (exact) mass is 266 g/mol. The molecule has 1 heterocycles. The summed E-state index contributed by atoms with van der Waals surface area (Å²) in [7, 11) is 0. The summed E-state index contributed by atoms with van der Waals surface area (Å²) in [5.41, 5.74) is 0. The lowest BCUT2D eigenvalue weighted by molar-refractivity contribution is 0.129. The number of nitrogens with zero attached hydrogens (tertiary/aromatic N) is 2. The van der Waals surface area contributed by atoms with E-state index in [-0.39, 0.29) is 0 Å². The molecule has 0 saturated heterocycles. The van der Waals surface area contributed by atoms with E-state index >= 15 is 0 Å². The third-order valence-corrected chi connectivity index (χ3v) is 4.08. The van der Waals surface area contributed by atoms with Crippen molar-refractivity contribution in [2.75, 3.05) is 0 Å². The molecule has 0 aromatic carbocycles. The highest BCUT2D eigenvalue weighted by molar-refractivity contribution is 6.29. The minimum Gasteiger partial charge on any atom is -0.474 e. The Morgan fingerprint density at radius 3 is 2.50 bits per heavy atom. The van der Waals surface area contributed by atoms with Gasteiger partial charge in [-0.25, -0.2) is 4.98 Å². The molecule has 3 rings (SSSR count). The molecule has 0 spiro atoms. The fraction of sp³-hybridized carbons (Fsp3) is 0.714. The number of rotatable bonds is 3. The quantitative estimate of drug-likeness (QED) is 0.777. The second kappa shape index (κ2) is 5.04. The van der Waals surface area contributed by atoms with Crippen LogP contribution in [0.5, 0.6) is 5.88 Å². The van der Waals surface area contributed by atoms with Crippen LogP contribution in [0.25, 0.3) is 0 Å². The average molecular weight is 267 g/mol. The van der Waals surface area contributed by atoms with Gasteiger partial charge in [-0.1, -0.05) is 18.5 Å². The lowest BCUT2D eigenvalue weighted by Crippen LogP contribution is -2.23. The summed E-state index contributed by atoms with van der Waals surface area (Å²) >= 11 is 6.03. The Morgan fingerprint density at radius 1 is 1.11 bits per heavy atom. The molecule has 0 unspecified atom stereocenters. The van der Waals surface area contributed by atoms with Gasteiger partial charge in [-0.15, -0.1) is 0 Å². The highest BCUT2D eigenvalue weighted by atomic mass is 35.5. The van der Waals surface area contributed by atoms with Crippen LogP contribution in [0, 0.1) is 5.92 Å². The summed E-state index contributed by atoms with van der Waals surface area (Å²) in [6.45, 7) is 2.31. The van der Waals surface area contributed by atoms with Crippen molar-refractivity contribution in [3.8, 4) is 5.88 Å². The van der Waals surface area contributed by atoms with Crippen LogP contribution in [-0.2, 0) is 0 Å². The van der Waals surface area contributed by atoms with E-state index in [4.69, 9.17) is 16.3 Å². The SMILES string of the molecule is CC1CCC(Oc2cc(Cl)nc(C3CC3)n2)CC1. The number of aromatic nitrogens is 2. The van der Waals surface area contributed by atoms with Crippen LogP contribution in [0.2, 0.25) is 5.15 Å². The third kappa shape index (κ3) is 2.94. The van der Waals surface area contributed by atoms with E-state index < -0.39 is 0 Å². The predicted molar refractivity (Wildman–Crippen MR) is 71.1 cm³/mol. The van der Waals surface area contributed by atoms with E-state index in [1.165, 1.54) is 25.7 Å². The van der Waals surface area contributed by atoms with Crippen LogP contribution < -0.4 is 4.74 Å². The Labute approximate surface area is 113 Å². The van der Waals surface area contributed by atoms with Crippen LogP contribution >= 0.6 is 11.6 Å². The van der Waals surface area contributed by atoms with E-state index in [2.05, 4.69) is 16.9 Å². The standard InChI is InChI=1S/C14H19ClN2O/c1-9-2-6-11(7-3-9)18-13-8-12(15)16-14(17-13)10-4-5-10/h8-11H,2-7H2,1H3. The highest BCUT2D eigenvalue weighted by Gasteiger charge is 2.28. The third-order valence-electron chi connectivity index (χ3n) is 3.88. The van der Waals surface area contributed by atoms with Crippen LogP contribution in [0.3, 0.4) is 0 Å². The Bertz CT molecular complexity index is 426. The Hall–Kier alpha value is -0.830. The zero-order chi connectivity index (χ0) is 12.5. The summed E-state index contributed by atoms with van der Waals surface area (Å²) < 4.78 is 5.97. The normalized spacial score (nSPS) is 28.1. The zero-order valence-electron chi connectivity index (χ0n) is 10.7. The second-order valence-corrected chi connectivity index (χ2v) is 6.05. The molecule has 1 aromatic heterocycles. The largest absolute Gasteiger partial charge is 0.474 e. The van der Waals surface area contributed by atoms with Crippen LogP contribution in [-0.4, -0.2) is 16.1 Å². The molecular formula is C14H19ClN2O. The molecule has 3 nitrogen and oxygen atoms in total. The van der Waals surface area contributed by atoms with Gasteiger partial charge in [0.05, 0.1) is 0 Å². The zero-order valence-corrected chi connectivity index (χ0v) is 11.5.